The Labute approximate surface area is 140 Å². The number of pyridine rings is 1. The first-order chi connectivity index (χ1) is 11.7. The number of anilines is 1. The zero-order valence-corrected chi connectivity index (χ0v) is 13.4. The second kappa shape index (κ2) is 5.80. The Hall–Kier alpha value is -3.03. The minimum Gasteiger partial charge on any atom is -0.348 e. The second-order valence-corrected chi connectivity index (χ2v) is 5.74. The molecule has 3 aromatic rings. The molecule has 0 bridgehead atoms. The summed E-state index contributed by atoms with van der Waals surface area (Å²) in [5, 5.41) is 3.36. The Morgan fingerprint density at radius 2 is 1.92 bits per heavy atom. The van der Waals surface area contributed by atoms with Crippen molar-refractivity contribution in [1.29, 1.82) is 0 Å². The van der Waals surface area contributed by atoms with Crippen molar-refractivity contribution in [3.8, 4) is 0 Å². The maximum absolute atomic E-state index is 12.6. The molecule has 25 heavy (non-hydrogen) atoms. The third-order valence-corrected chi connectivity index (χ3v) is 3.85. The predicted octanol–water partition coefficient (Wildman–Crippen LogP) is 3.45. The van der Waals surface area contributed by atoms with Crippen LogP contribution in [0.4, 0.5) is 18.9 Å². The fourth-order valence-electron chi connectivity index (χ4n) is 2.61. The number of nitrogens with zero attached hydrogens (tertiary/aromatic N) is 1. The van der Waals surface area contributed by atoms with E-state index in [0.29, 0.717) is 11.8 Å². The molecule has 1 aromatic carbocycles. The number of H-pyrrole nitrogens is 1. The van der Waals surface area contributed by atoms with E-state index in [-0.39, 0.29) is 0 Å². The Morgan fingerprint density at radius 1 is 1.20 bits per heavy atom. The van der Waals surface area contributed by atoms with Gasteiger partial charge in [0.15, 0.2) is 0 Å². The second-order valence-electron chi connectivity index (χ2n) is 5.74. The van der Waals surface area contributed by atoms with Gasteiger partial charge < -0.3 is 14.9 Å². The van der Waals surface area contributed by atoms with Crippen LogP contribution >= 0.6 is 0 Å². The minimum atomic E-state index is -4.68. The lowest BCUT2D eigenvalue weighted by molar-refractivity contribution is -0.141. The van der Waals surface area contributed by atoms with E-state index in [1.54, 1.807) is 22.8 Å². The van der Waals surface area contributed by atoms with Crippen molar-refractivity contribution < 1.29 is 18.0 Å². The summed E-state index contributed by atoms with van der Waals surface area (Å²) < 4.78 is 39.6. The quantitative estimate of drug-likeness (QED) is 0.744. The molecule has 2 N–H and O–H groups in total. The zero-order chi connectivity index (χ0) is 18.4. The molecule has 2 heterocycles. The fourth-order valence-corrected chi connectivity index (χ4v) is 2.61. The fraction of sp³-hybridized carbons (Fsp3) is 0.176. The lowest BCUT2D eigenvalue weighted by atomic mass is 10.1. The van der Waals surface area contributed by atoms with Gasteiger partial charge in [0.2, 0.25) is 0 Å². The van der Waals surface area contributed by atoms with Gasteiger partial charge in [0.25, 0.3) is 11.5 Å². The van der Waals surface area contributed by atoms with Gasteiger partial charge in [-0.25, -0.2) is 0 Å². The third kappa shape index (κ3) is 3.15. The highest BCUT2D eigenvalue weighted by Gasteiger charge is 2.32. The van der Waals surface area contributed by atoms with Crippen LogP contribution < -0.4 is 10.9 Å². The average molecular weight is 349 g/mol. The van der Waals surface area contributed by atoms with Gasteiger partial charge in [-0.1, -0.05) is 11.6 Å². The molecular formula is C17H14F3N3O2. The van der Waals surface area contributed by atoms with E-state index in [4.69, 9.17) is 0 Å². The highest BCUT2D eigenvalue weighted by Crippen LogP contribution is 2.28. The molecular weight excluding hydrogens is 335 g/mol. The van der Waals surface area contributed by atoms with Crippen molar-refractivity contribution in [2.75, 3.05) is 5.32 Å². The molecule has 1 amide bonds. The van der Waals surface area contributed by atoms with Gasteiger partial charge >= 0.3 is 6.18 Å². The SMILES string of the molecule is Cc1ccc2c(c1)c(NC(=O)c1ccc(C(F)(F)F)[nH]c1=O)cn2C. The molecule has 0 fully saturated rings. The maximum Gasteiger partial charge on any atom is 0.431 e. The number of hydrogen-bond acceptors (Lipinski definition) is 2. The Bertz CT molecular complexity index is 1030. The Kier molecular flexibility index (Phi) is 3.90. The first kappa shape index (κ1) is 16.8. The lowest BCUT2D eigenvalue weighted by Gasteiger charge is -2.07. The number of aryl methyl sites for hydroxylation is 2. The summed E-state index contributed by atoms with van der Waals surface area (Å²) in [5.41, 5.74) is -0.342. The van der Waals surface area contributed by atoms with Crippen LogP contribution in [-0.4, -0.2) is 15.5 Å². The number of amides is 1. The van der Waals surface area contributed by atoms with E-state index in [1.807, 2.05) is 25.1 Å². The van der Waals surface area contributed by atoms with Gasteiger partial charge in [0.05, 0.1) is 5.69 Å². The number of alkyl halides is 3. The smallest absolute Gasteiger partial charge is 0.348 e. The number of rotatable bonds is 2. The summed E-state index contributed by atoms with van der Waals surface area (Å²) in [4.78, 5) is 25.8. The molecule has 0 aliphatic carbocycles. The number of benzene rings is 1. The number of aromatic nitrogens is 2. The van der Waals surface area contributed by atoms with Gasteiger partial charge in [0, 0.05) is 24.1 Å². The number of aromatic amines is 1. The largest absolute Gasteiger partial charge is 0.431 e. The van der Waals surface area contributed by atoms with Crippen LogP contribution in [0.1, 0.15) is 21.6 Å². The maximum atomic E-state index is 12.6. The van der Waals surface area contributed by atoms with Crippen molar-refractivity contribution in [2.45, 2.75) is 13.1 Å². The van der Waals surface area contributed by atoms with Crippen LogP contribution in [0, 0.1) is 6.92 Å². The summed E-state index contributed by atoms with van der Waals surface area (Å²) in [6.45, 7) is 1.90. The molecule has 3 rings (SSSR count). The molecule has 0 radical (unpaired) electrons. The molecule has 0 saturated carbocycles. The van der Waals surface area contributed by atoms with Gasteiger partial charge in [-0.05, 0) is 31.2 Å². The van der Waals surface area contributed by atoms with Crippen molar-refractivity contribution >= 4 is 22.5 Å². The summed E-state index contributed by atoms with van der Waals surface area (Å²) >= 11 is 0. The lowest BCUT2D eigenvalue weighted by Crippen LogP contribution is -2.25. The first-order valence-corrected chi connectivity index (χ1v) is 7.34. The van der Waals surface area contributed by atoms with E-state index in [9.17, 15) is 22.8 Å². The van der Waals surface area contributed by atoms with E-state index in [2.05, 4.69) is 5.32 Å². The number of nitrogens with one attached hydrogen (secondary N) is 2. The molecule has 0 aliphatic heterocycles. The monoisotopic (exact) mass is 349 g/mol. The van der Waals surface area contributed by atoms with E-state index in [0.717, 1.165) is 22.5 Å². The van der Waals surface area contributed by atoms with Gasteiger partial charge in [-0.3, -0.25) is 9.59 Å². The molecule has 5 nitrogen and oxygen atoms in total. The molecule has 0 unspecified atom stereocenters. The summed E-state index contributed by atoms with van der Waals surface area (Å²) in [5.74, 6) is -0.774. The molecule has 0 atom stereocenters. The van der Waals surface area contributed by atoms with Gasteiger partial charge in [-0.2, -0.15) is 13.2 Å². The predicted molar refractivity (Wildman–Crippen MR) is 87.7 cm³/mol. The molecule has 130 valence electrons. The van der Waals surface area contributed by atoms with Crippen LogP contribution in [0.5, 0.6) is 0 Å². The zero-order valence-electron chi connectivity index (χ0n) is 13.4. The summed E-state index contributed by atoms with van der Waals surface area (Å²) in [6.07, 6.45) is -3.00. The van der Waals surface area contributed by atoms with Crippen LogP contribution in [0.15, 0.2) is 41.3 Å². The number of fused-ring (bicyclic) bond motifs is 1. The Balaban J connectivity index is 1.96. The van der Waals surface area contributed by atoms with Crippen LogP contribution in [0.3, 0.4) is 0 Å². The molecule has 2 aromatic heterocycles. The standard InChI is InChI=1S/C17H14F3N3O2/c1-9-3-5-13-11(7-9)12(8-23(13)2)21-15(24)10-4-6-14(17(18,19)20)22-16(10)25/h3-8H,1-2H3,(H,21,24)(H,22,25). The normalized spacial score (nSPS) is 11.7. The van der Waals surface area contributed by atoms with Gasteiger partial charge in [-0.15, -0.1) is 0 Å². The molecule has 0 aliphatic rings. The van der Waals surface area contributed by atoms with Crippen molar-refractivity contribution in [2.24, 2.45) is 7.05 Å². The summed E-state index contributed by atoms with van der Waals surface area (Å²) in [7, 11) is 1.80. The molecule has 0 spiro atoms. The highest BCUT2D eigenvalue weighted by atomic mass is 19.4. The Morgan fingerprint density at radius 3 is 2.56 bits per heavy atom. The molecule has 8 heteroatoms. The van der Waals surface area contributed by atoms with Crippen molar-refractivity contribution in [3.63, 3.8) is 0 Å². The van der Waals surface area contributed by atoms with Gasteiger partial charge in [0.1, 0.15) is 11.3 Å². The summed E-state index contributed by atoms with van der Waals surface area (Å²) in [6, 6.07) is 7.23. The van der Waals surface area contributed by atoms with Crippen LogP contribution in [0.2, 0.25) is 0 Å². The van der Waals surface area contributed by atoms with Crippen molar-refractivity contribution in [1.82, 2.24) is 9.55 Å². The number of carbonyl (C=O) groups excluding carboxylic acids is 1. The van der Waals surface area contributed by atoms with E-state index < -0.39 is 28.9 Å². The highest BCUT2D eigenvalue weighted by molar-refractivity contribution is 6.09. The number of carbonyl (C=O) groups is 1. The van der Waals surface area contributed by atoms with Crippen LogP contribution in [-0.2, 0) is 13.2 Å². The first-order valence-electron chi connectivity index (χ1n) is 7.34. The van der Waals surface area contributed by atoms with E-state index >= 15 is 0 Å². The van der Waals surface area contributed by atoms with Crippen molar-refractivity contribution in [3.05, 3.63) is 63.7 Å². The van der Waals surface area contributed by atoms with Crippen LogP contribution in [0.25, 0.3) is 10.9 Å². The topological polar surface area (TPSA) is 66.9 Å². The van der Waals surface area contributed by atoms with E-state index in [1.165, 1.54) is 0 Å². The number of hydrogen-bond donors (Lipinski definition) is 2. The average Bonchev–Trinajstić information content (AvgIpc) is 2.81. The number of halogens is 3. The third-order valence-electron chi connectivity index (χ3n) is 3.85. The minimum absolute atomic E-state index is 0.391. The molecule has 0 saturated heterocycles.